The number of aliphatic hydroxyl groups excluding tert-OH is 1. The third kappa shape index (κ3) is 6.74. The number of nitro benzene ring substituents is 2. The lowest BCUT2D eigenvalue weighted by Gasteiger charge is -2.03. The highest BCUT2D eigenvalue weighted by atomic mass is 19.1. The Kier molecular flexibility index (Phi) is 7.89. The van der Waals surface area contributed by atoms with Gasteiger partial charge in [-0.15, -0.1) is 0 Å². The summed E-state index contributed by atoms with van der Waals surface area (Å²) in [5.41, 5.74) is -0.539. The summed E-state index contributed by atoms with van der Waals surface area (Å²) in [7, 11) is 0. The van der Waals surface area contributed by atoms with Crippen molar-refractivity contribution in [3.63, 3.8) is 0 Å². The van der Waals surface area contributed by atoms with E-state index in [1.165, 1.54) is 6.92 Å². The van der Waals surface area contributed by atoms with Gasteiger partial charge in [0.2, 0.25) is 0 Å². The van der Waals surface area contributed by atoms with Gasteiger partial charge in [-0.25, -0.2) is 8.78 Å². The van der Waals surface area contributed by atoms with Crippen LogP contribution in [0.4, 0.5) is 20.2 Å². The molecule has 9 nitrogen and oxygen atoms in total. The molecule has 0 aliphatic heterocycles. The summed E-state index contributed by atoms with van der Waals surface area (Å²) in [6, 6.07) is 6.08. The number of hydrogen-bond acceptors (Lipinski definition) is 7. The number of nitrogens with zero attached hydrogens (tertiary/aromatic N) is 2. The van der Waals surface area contributed by atoms with Gasteiger partial charge in [0.25, 0.3) is 11.4 Å². The Morgan fingerprint density at radius 1 is 1.00 bits per heavy atom. The van der Waals surface area contributed by atoms with E-state index in [-0.39, 0.29) is 29.1 Å². The summed E-state index contributed by atoms with van der Waals surface area (Å²) in [6.45, 7) is 0.339. The summed E-state index contributed by atoms with van der Waals surface area (Å²) in [6.07, 6.45) is 0. The first-order valence-electron chi connectivity index (χ1n) is 7.25. The first-order chi connectivity index (χ1) is 12.6. The third-order valence-electron chi connectivity index (χ3n) is 3.08. The zero-order chi connectivity index (χ0) is 20.6. The van der Waals surface area contributed by atoms with Crippen molar-refractivity contribution in [1.29, 1.82) is 0 Å². The highest BCUT2D eigenvalue weighted by molar-refractivity contribution is 5.65. The second-order valence-electron chi connectivity index (χ2n) is 5.00. The minimum atomic E-state index is -0.642. The van der Waals surface area contributed by atoms with Gasteiger partial charge >= 0.3 is 5.97 Å². The molecule has 0 amide bonds. The number of esters is 1. The Bertz CT molecular complexity index is 859. The molecule has 0 atom stereocenters. The van der Waals surface area contributed by atoms with E-state index < -0.39 is 34.1 Å². The van der Waals surface area contributed by atoms with E-state index in [1.807, 2.05) is 0 Å². The topological polar surface area (TPSA) is 133 Å². The van der Waals surface area contributed by atoms with E-state index in [1.54, 1.807) is 0 Å². The molecular weight excluding hydrogens is 370 g/mol. The zero-order valence-corrected chi connectivity index (χ0v) is 13.9. The van der Waals surface area contributed by atoms with Crippen LogP contribution in [0.15, 0.2) is 36.4 Å². The van der Waals surface area contributed by atoms with Crippen LogP contribution in [0.3, 0.4) is 0 Å². The quantitative estimate of drug-likeness (QED) is 0.476. The van der Waals surface area contributed by atoms with Gasteiger partial charge in [0.15, 0.2) is 0 Å². The second kappa shape index (κ2) is 9.87. The van der Waals surface area contributed by atoms with E-state index in [4.69, 9.17) is 5.11 Å². The fourth-order valence-corrected chi connectivity index (χ4v) is 1.76. The molecule has 0 fully saturated rings. The van der Waals surface area contributed by atoms with Gasteiger partial charge in [-0.3, -0.25) is 25.0 Å². The number of halogens is 2. The van der Waals surface area contributed by atoms with Crippen LogP contribution in [0.5, 0.6) is 0 Å². The first kappa shape index (κ1) is 21.6. The van der Waals surface area contributed by atoms with Crippen molar-refractivity contribution in [3.05, 3.63) is 79.4 Å². The Morgan fingerprint density at radius 3 is 1.85 bits per heavy atom. The number of benzene rings is 2. The van der Waals surface area contributed by atoms with E-state index >= 15 is 0 Å². The van der Waals surface area contributed by atoms with Crippen molar-refractivity contribution in [2.24, 2.45) is 0 Å². The normalized spacial score (nSPS) is 9.78. The molecule has 0 saturated carbocycles. The van der Waals surface area contributed by atoms with Gasteiger partial charge < -0.3 is 9.84 Å². The molecule has 0 saturated heterocycles. The number of carbonyl (C=O) groups is 1. The van der Waals surface area contributed by atoms with Gasteiger partial charge in [0.1, 0.15) is 18.2 Å². The van der Waals surface area contributed by atoms with Crippen LogP contribution >= 0.6 is 0 Å². The number of aliphatic hydroxyl groups is 1. The Hall–Kier alpha value is -3.47. The van der Waals surface area contributed by atoms with Gasteiger partial charge in [0, 0.05) is 42.3 Å². The maximum atomic E-state index is 13.1. The standard InChI is InChI=1S/C9H8FNO4.C7H6FNO3/c1-6(12)15-5-7-4-8(11(13)14)2-3-9(7)10;8-7-2-1-6(9(11)12)3-5(7)4-10/h2-4H,5H2,1H3;1-3,10H,4H2. The molecule has 2 aromatic rings. The molecule has 144 valence electrons. The number of hydrogen-bond donors (Lipinski definition) is 1. The van der Waals surface area contributed by atoms with Gasteiger partial charge in [0.05, 0.1) is 16.5 Å². The van der Waals surface area contributed by atoms with Crippen LogP contribution in [0.25, 0.3) is 0 Å². The highest BCUT2D eigenvalue weighted by Gasteiger charge is 2.11. The monoisotopic (exact) mass is 384 g/mol. The number of rotatable bonds is 5. The summed E-state index contributed by atoms with van der Waals surface area (Å²) in [4.78, 5) is 29.7. The molecular formula is C16H14F2N2O7. The van der Waals surface area contributed by atoms with Gasteiger partial charge in [-0.05, 0) is 12.1 Å². The van der Waals surface area contributed by atoms with Crippen LogP contribution in [0.1, 0.15) is 18.1 Å². The fraction of sp³-hybridized carbons (Fsp3) is 0.188. The number of carbonyl (C=O) groups excluding carboxylic acids is 1. The molecule has 0 spiro atoms. The number of non-ortho nitro benzene ring substituents is 2. The minimum absolute atomic E-state index is 0.0144. The fourth-order valence-electron chi connectivity index (χ4n) is 1.76. The first-order valence-corrected chi connectivity index (χ1v) is 7.25. The lowest BCUT2D eigenvalue weighted by atomic mass is 10.2. The molecule has 27 heavy (non-hydrogen) atoms. The average Bonchev–Trinajstić information content (AvgIpc) is 2.61. The van der Waals surface area contributed by atoms with Crippen molar-refractivity contribution in [1.82, 2.24) is 0 Å². The van der Waals surface area contributed by atoms with E-state index in [0.717, 1.165) is 36.4 Å². The molecule has 0 aliphatic rings. The smallest absolute Gasteiger partial charge is 0.302 e. The van der Waals surface area contributed by atoms with Crippen molar-refractivity contribution in [3.8, 4) is 0 Å². The Morgan fingerprint density at radius 2 is 1.44 bits per heavy atom. The molecule has 0 aliphatic carbocycles. The number of nitro groups is 2. The maximum Gasteiger partial charge on any atom is 0.302 e. The Labute approximate surface area is 151 Å². The summed E-state index contributed by atoms with van der Waals surface area (Å²) in [5.74, 6) is -1.84. The van der Waals surface area contributed by atoms with Crippen molar-refractivity contribution >= 4 is 17.3 Å². The summed E-state index contributed by atoms with van der Waals surface area (Å²) < 4.78 is 30.3. The van der Waals surface area contributed by atoms with Gasteiger partial charge in [-0.1, -0.05) is 0 Å². The maximum absolute atomic E-state index is 13.1. The summed E-state index contributed by atoms with van der Waals surface area (Å²) >= 11 is 0. The van der Waals surface area contributed by atoms with Crippen LogP contribution in [-0.4, -0.2) is 20.9 Å². The second-order valence-corrected chi connectivity index (χ2v) is 5.00. The minimum Gasteiger partial charge on any atom is -0.461 e. The molecule has 1 N–H and O–H groups in total. The average molecular weight is 384 g/mol. The lowest BCUT2D eigenvalue weighted by Crippen LogP contribution is -2.01. The van der Waals surface area contributed by atoms with Crippen molar-refractivity contribution in [2.75, 3.05) is 0 Å². The number of ether oxygens (including phenoxy) is 1. The molecule has 0 unspecified atom stereocenters. The lowest BCUT2D eigenvalue weighted by molar-refractivity contribution is -0.385. The van der Waals surface area contributed by atoms with Crippen molar-refractivity contribution in [2.45, 2.75) is 20.1 Å². The highest BCUT2D eigenvalue weighted by Crippen LogP contribution is 2.18. The van der Waals surface area contributed by atoms with Gasteiger partial charge in [-0.2, -0.15) is 0 Å². The largest absolute Gasteiger partial charge is 0.461 e. The SMILES string of the molecule is CC(=O)OCc1cc([N+](=O)[O-])ccc1F.O=[N+]([O-])c1ccc(F)c(CO)c1. The molecule has 11 heteroatoms. The molecule has 0 bridgehead atoms. The predicted octanol–water partition coefficient (Wildman–Crippen LogP) is 3.02. The zero-order valence-electron chi connectivity index (χ0n) is 13.9. The Balaban J connectivity index is 0.000000277. The molecule has 2 rings (SSSR count). The molecule has 0 radical (unpaired) electrons. The third-order valence-corrected chi connectivity index (χ3v) is 3.08. The summed E-state index contributed by atoms with van der Waals surface area (Å²) in [5, 5.41) is 29.1. The molecule has 0 aromatic heterocycles. The van der Waals surface area contributed by atoms with E-state index in [2.05, 4.69) is 4.74 Å². The molecule has 0 heterocycles. The van der Waals surface area contributed by atoms with Crippen LogP contribution in [-0.2, 0) is 22.7 Å². The molecule has 2 aromatic carbocycles. The van der Waals surface area contributed by atoms with E-state index in [9.17, 15) is 33.8 Å². The van der Waals surface area contributed by atoms with Crippen LogP contribution in [0, 0.1) is 31.9 Å². The van der Waals surface area contributed by atoms with Crippen LogP contribution < -0.4 is 0 Å². The van der Waals surface area contributed by atoms with Crippen molar-refractivity contribution < 1.29 is 33.3 Å². The predicted molar refractivity (Wildman–Crippen MR) is 87.5 cm³/mol. The van der Waals surface area contributed by atoms with Crippen LogP contribution in [0.2, 0.25) is 0 Å². The van der Waals surface area contributed by atoms with E-state index in [0.29, 0.717) is 0 Å².